The first-order valence-electron chi connectivity index (χ1n) is 13.5. The largest absolute Gasteiger partial charge is 0.368 e. The van der Waals surface area contributed by atoms with E-state index in [4.69, 9.17) is 0 Å². The minimum Gasteiger partial charge on any atom is -0.368 e. The Morgan fingerprint density at radius 3 is 2.10 bits per heavy atom. The maximum absolute atomic E-state index is 4.66. The molecule has 7 heteroatoms. The lowest BCUT2D eigenvalue weighted by Crippen LogP contribution is -2.33. The van der Waals surface area contributed by atoms with E-state index >= 15 is 0 Å². The number of hydrogen-bond donors (Lipinski definition) is 0. The second-order valence-corrected chi connectivity index (χ2v) is 11.1. The lowest BCUT2D eigenvalue weighted by Gasteiger charge is -2.07. The van der Waals surface area contributed by atoms with Crippen molar-refractivity contribution >= 4 is 28.6 Å². The van der Waals surface area contributed by atoms with Crippen molar-refractivity contribution in [2.24, 2.45) is 0 Å². The molecule has 0 N–H and O–H groups in total. The molecule has 0 unspecified atom stereocenters. The van der Waals surface area contributed by atoms with Gasteiger partial charge in [0.25, 0.3) is 0 Å². The van der Waals surface area contributed by atoms with E-state index in [1.807, 2.05) is 12.4 Å². The number of anilines is 1. The summed E-state index contributed by atoms with van der Waals surface area (Å²) in [6, 6.07) is 32.5. The number of benzene rings is 3. The molecule has 40 heavy (non-hydrogen) atoms. The summed E-state index contributed by atoms with van der Waals surface area (Å²) >= 11 is 1.70. The predicted molar refractivity (Wildman–Crippen MR) is 160 cm³/mol. The zero-order chi connectivity index (χ0) is 26.7. The Morgan fingerprint density at radius 1 is 0.700 bits per heavy atom. The highest BCUT2D eigenvalue weighted by Crippen LogP contribution is 2.27. The SMILES string of the molecule is c1ccc(CSc2ncnc3c2ncn3Cc2ccc(-c3ccc(C[n+]4ccc(N5CC5)cc4)cc3)cc2)cc1. The van der Waals surface area contributed by atoms with Crippen molar-refractivity contribution in [1.82, 2.24) is 19.5 Å². The Bertz CT molecular complexity index is 1730. The van der Waals surface area contributed by atoms with Crippen LogP contribution >= 0.6 is 11.8 Å². The van der Waals surface area contributed by atoms with E-state index in [2.05, 4.69) is 126 Å². The molecule has 0 spiro atoms. The quantitative estimate of drug-likeness (QED) is 0.0974. The van der Waals surface area contributed by atoms with Crippen LogP contribution < -0.4 is 9.47 Å². The number of thioether (sulfide) groups is 1. The lowest BCUT2D eigenvalue weighted by atomic mass is 10.0. The third-order valence-electron chi connectivity index (χ3n) is 7.23. The van der Waals surface area contributed by atoms with Gasteiger partial charge in [-0.3, -0.25) is 0 Å². The summed E-state index contributed by atoms with van der Waals surface area (Å²) < 4.78 is 4.33. The van der Waals surface area contributed by atoms with Gasteiger partial charge in [-0.05, 0) is 22.3 Å². The number of rotatable bonds is 9. The summed E-state index contributed by atoms with van der Waals surface area (Å²) in [6.07, 6.45) is 7.84. The van der Waals surface area contributed by atoms with Gasteiger partial charge in [-0.1, -0.05) is 90.6 Å². The van der Waals surface area contributed by atoms with Gasteiger partial charge in [0.2, 0.25) is 0 Å². The molecule has 4 heterocycles. The molecule has 196 valence electrons. The van der Waals surface area contributed by atoms with Crippen molar-refractivity contribution in [3.63, 3.8) is 0 Å². The van der Waals surface area contributed by atoms with Crippen LogP contribution in [-0.4, -0.2) is 32.6 Å². The van der Waals surface area contributed by atoms with Gasteiger partial charge in [-0.25, -0.2) is 19.5 Å². The number of nitrogens with zero attached hydrogens (tertiary/aromatic N) is 6. The molecule has 6 aromatic rings. The van der Waals surface area contributed by atoms with Gasteiger partial charge in [0, 0.05) is 42.2 Å². The Labute approximate surface area is 238 Å². The minimum atomic E-state index is 0.712. The average molecular weight is 542 g/mol. The Morgan fingerprint density at radius 2 is 1.40 bits per heavy atom. The molecule has 1 aliphatic heterocycles. The number of fused-ring (bicyclic) bond motifs is 1. The molecular weight excluding hydrogens is 512 g/mol. The molecule has 6 nitrogen and oxygen atoms in total. The van der Waals surface area contributed by atoms with Crippen molar-refractivity contribution in [2.45, 2.75) is 23.9 Å². The molecule has 7 rings (SSSR count). The normalized spacial score (nSPS) is 12.7. The van der Waals surface area contributed by atoms with Crippen LogP contribution in [0.4, 0.5) is 5.69 Å². The van der Waals surface area contributed by atoms with Crippen molar-refractivity contribution in [3.05, 3.63) is 133 Å². The number of imidazole rings is 1. The van der Waals surface area contributed by atoms with Gasteiger partial charge in [0.1, 0.15) is 16.9 Å². The zero-order valence-electron chi connectivity index (χ0n) is 22.1. The maximum Gasteiger partial charge on any atom is 0.173 e. The van der Waals surface area contributed by atoms with E-state index in [9.17, 15) is 0 Å². The molecule has 3 aromatic carbocycles. The van der Waals surface area contributed by atoms with Crippen molar-refractivity contribution < 1.29 is 4.57 Å². The number of pyridine rings is 1. The maximum atomic E-state index is 4.66. The Kier molecular flexibility index (Phi) is 6.71. The first-order valence-corrected chi connectivity index (χ1v) is 14.5. The van der Waals surface area contributed by atoms with Crippen LogP contribution in [0.3, 0.4) is 0 Å². The lowest BCUT2D eigenvalue weighted by molar-refractivity contribution is -0.688. The second kappa shape index (κ2) is 10.9. The molecule has 0 atom stereocenters. The third kappa shape index (κ3) is 5.46. The average Bonchev–Trinajstić information content (AvgIpc) is 3.78. The summed E-state index contributed by atoms with van der Waals surface area (Å²) in [5.41, 5.74) is 9.23. The standard InChI is InChI=1S/C33H29N6S/c1-2-4-27(5-3-1)22-40-33-31-32(34-23-35-33)39(24-36-31)21-26-8-12-29(13-9-26)28-10-6-25(7-11-28)20-37-16-14-30(15-17-37)38-18-19-38/h1-17,23-24H,18-22H2/q+1. The number of aromatic nitrogens is 5. The van der Waals surface area contributed by atoms with Gasteiger partial charge < -0.3 is 9.47 Å². The monoisotopic (exact) mass is 541 g/mol. The summed E-state index contributed by atoms with van der Waals surface area (Å²) in [7, 11) is 0. The highest BCUT2D eigenvalue weighted by atomic mass is 32.2. The third-order valence-corrected chi connectivity index (χ3v) is 8.28. The molecule has 3 aromatic heterocycles. The van der Waals surface area contributed by atoms with Crippen LogP contribution in [0.1, 0.15) is 16.7 Å². The van der Waals surface area contributed by atoms with Crippen LogP contribution in [0.5, 0.6) is 0 Å². The van der Waals surface area contributed by atoms with Crippen LogP contribution in [0.2, 0.25) is 0 Å². The van der Waals surface area contributed by atoms with E-state index in [-0.39, 0.29) is 0 Å². The van der Waals surface area contributed by atoms with Crippen LogP contribution in [0, 0.1) is 0 Å². The topological polar surface area (TPSA) is 50.5 Å². The molecule has 1 fully saturated rings. The van der Waals surface area contributed by atoms with Crippen molar-refractivity contribution in [2.75, 3.05) is 18.0 Å². The molecular formula is C33H29N6S+. The van der Waals surface area contributed by atoms with E-state index in [0.717, 1.165) is 28.5 Å². The molecule has 0 saturated carbocycles. The van der Waals surface area contributed by atoms with E-state index in [1.165, 1.54) is 46.6 Å². The fraction of sp³-hybridized carbons (Fsp3) is 0.152. The van der Waals surface area contributed by atoms with E-state index in [0.29, 0.717) is 6.54 Å². The highest BCUT2D eigenvalue weighted by molar-refractivity contribution is 7.98. The molecule has 1 saturated heterocycles. The van der Waals surface area contributed by atoms with E-state index in [1.54, 1.807) is 18.1 Å². The fourth-order valence-corrected chi connectivity index (χ4v) is 5.79. The minimum absolute atomic E-state index is 0.712. The Hall–Kier alpha value is -4.49. The molecule has 0 bridgehead atoms. The summed E-state index contributed by atoms with van der Waals surface area (Å²) in [4.78, 5) is 16.1. The summed E-state index contributed by atoms with van der Waals surface area (Å²) in [6.45, 7) is 3.94. The van der Waals surface area contributed by atoms with Gasteiger partial charge in [-0.15, -0.1) is 0 Å². The molecule has 0 amide bonds. The summed E-state index contributed by atoms with van der Waals surface area (Å²) in [5, 5.41) is 0.915. The van der Waals surface area contributed by atoms with Crippen molar-refractivity contribution in [3.8, 4) is 11.1 Å². The number of hydrogen-bond acceptors (Lipinski definition) is 5. The fourth-order valence-electron chi connectivity index (χ4n) is 4.89. The highest BCUT2D eigenvalue weighted by Gasteiger charge is 2.18. The second-order valence-electron chi connectivity index (χ2n) is 10.1. The van der Waals surface area contributed by atoms with Gasteiger partial charge in [-0.2, -0.15) is 0 Å². The molecule has 1 aliphatic rings. The first-order chi connectivity index (χ1) is 19.8. The van der Waals surface area contributed by atoms with Crippen LogP contribution in [0.25, 0.3) is 22.3 Å². The Balaban J connectivity index is 1.01. The zero-order valence-corrected chi connectivity index (χ0v) is 22.9. The summed E-state index contributed by atoms with van der Waals surface area (Å²) in [5.74, 6) is 0.854. The van der Waals surface area contributed by atoms with Gasteiger partial charge >= 0.3 is 0 Å². The molecule has 0 aliphatic carbocycles. The first kappa shape index (κ1) is 24.5. The van der Waals surface area contributed by atoms with Gasteiger partial charge in [0.15, 0.2) is 24.6 Å². The predicted octanol–water partition coefficient (Wildman–Crippen LogP) is 5.99. The van der Waals surface area contributed by atoms with Crippen molar-refractivity contribution in [1.29, 1.82) is 0 Å². The molecule has 0 radical (unpaired) electrons. The van der Waals surface area contributed by atoms with Gasteiger partial charge in [0.05, 0.1) is 12.9 Å². The van der Waals surface area contributed by atoms with E-state index < -0.39 is 0 Å². The van der Waals surface area contributed by atoms with Crippen LogP contribution in [-0.2, 0) is 18.8 Å². The smallest absolute Gasteiger partial charge is 0.173 e. The van der Waals surface area contributed by atoms with Crippen LogP contribution in [0.15, 0.2) is 121 Å².